The number of nitrogens with two attached hydrogens (primary N) is 1. The number of anilines is 1. The first-order valence-electron chi connectivity index (χ1n) is 6.20. The number of carbonyl (C=O) groups excluding carboxylic acids is 1. The molecule has 0 saturated heterocycles. The monoisotopic (exact) mass is 308 g/mol. The minimum Gasteiger partial charge on any atom is -0.327 e. The summed E-state index contributed by atoms with van der Waals surface area (Å²) < 4.78 is 13.9. The van der Waals surface area contributed by atoms with E-state index in [0.717, 1.165) is 0 Å². The van der Waals surface area contributed by atoms with Gasteiger partial charge >= 0.3 is 0 Å². The Bertz CT molecular complexity index is 651. The van der Waals surface area contributed by atoms with Crippen molar-refractivity contribution in [1.29, 1.82) is 0 Å². The van der Waals surface area contributed by atoms with Crippen LogP contribution in [0.15, 0.2) is 48.6 Å². The van der Waals surface area contributed by atoms with Crippen LogP contribution in [-0.2, 0) is 6.54 Å². The van der Waals surface area contributed by atoms with Crippen molar-refractivity contribution < 1.29 is 9.18 Å². The molecule has 1 heterocycles. The smallest absolute Gasteiger partial charge is 0.258 e. The van der Waals surface area contributed by atoms with Gasteiger partial charge in [-0.2, -0.15) is 5.10 Å². The van der Waals surface area contributed by atoms with Crippen molar-refractivity contribution >= 4 is 23.2 Å². The molecule has 1 aromatic carbocycles. The summed E-state index contributed by atoms with van der Waals surface area (Å²) in [6.45, 7) is 0.309. The Morgan fingerprint density at radius 3 is 2.76 bits per heavy atom. The van der Waals surface area contributed by atoms with Gasteiger partial charge in [-0.25, -0.2) is 4.39 Å². The summed E-state index contributed by atoms with van der Waals surface area (Å²) in [6, 6.07) is 6.76. The van der Waals surface area contributed by atoms with E-state index in [-0.39, 0.29) is 19.0 Å². The Kier molecular flexibility index (Phi) is 5.08. The van der Waals surface area contributed by atoms with E-state index < -0.39 is 0 Å². The molecule has 5 nitrogen and oxygen atoms in total. The van der Waals surface area contributed by atoms with Crippen molar-refractivity contribution in [3.05, 3.63) is 59.1 Å². The van der Waals surface area contributed by atoms with Crippen molar-refractivity contribution in [1.82, 2.24) is 9.78 Å². The number of halogens is 2. The lowest BCUT2D eigenvalue weighted by atomic mass is 10.3. The molecule has 0 bridgehead atoms. The van der Waals surface area contributed by atoms with Gasteiger partial charge in [0, 0.05) is 23.5 Å². The van der Waals surface area contributed by atoms with Crippen LogP contribution in [0.25, 0.3) is 0 Å². The van der Waals surface area contributed by atoms with E-state index in [9.17, 15) is 9.18 Å². The molecular formula is C14H14ClFN4O. The Balaban J connectivity index is 2.03. The van der Waals surface area contributed by atoms with Crippen LogP contribution in [0.5, 0.6) is 0 Å². The molecule has 0 saturated carbocycles. The first-order valence-corrected chi connectivity index (χ1v) is 6.57. The molecule has 0 spiro atoms. The second-order valence-electron chi connectivity index (χ2n) is 4.36. The molecule has 0 aliphatic heterocycles. The summed E-state index contributed by atoms with van der Waals surface area (Å²) in [6.07, 6.45) is 3.40. The molecule has 2 aromatic rings. The molecule has 21 heavy (non-hydrogen) atoms. The third kappa shape index (κ3) is 4.14. The van der Waals surface area contributed by atoms with Gasteiger partial charge in [-0.15, -0.1) is 0 Å². The zero-order valence-electron chi connectivity index (χ0n) is 11.1. The molecule has 0 unspecified atom stereocenters. The highest BCUT2D eigenvalue weighted by molar-refractivity contribution is 6.30. The number of hydrogen-bond donors (Lipinski definition) is 2. The maximum absolute atomic E-state index is 12.5. The molecule has 2 rings (SSSR count). The van der Waals surface area contributed by atoms with Crippen LogP contribution in [0.4, 0.5) is 10.1 Å². The Morgan fingerprint density at radius 2 is 2.14 bits per heavy atom. The van der Waals surface area contributed by atoms with Gasteiger partial charge in [-0.05, 0) is 29.8 Å². The van der Waals surface area contributed by atoms with Gasteiger partial charge in [-0.1, -0.05) is 11.6 Å². The average molecular weight is 309 g/mol. The van der Waals surface area contributed by atoms with E-state index in [1.807, 2.05) is 0 Å². The topological polar surface area (TPSA) is 72.9 Å². The number of nitrogens with one attached hydrogen (secondary N) is 1. The molecule has 1 amide bonds. The predicted molar refractivity (Wildman–Crippen MR) is 79.9 cm³/mol. The summed E-state index contributed by atoms with van der Waals surface area (Å²) >= 11 is 5.77. The van der Waals surface area contributed by atoms with E-state index in [4.69, 9.17) is 17.3 Å². The third-order valence-electron chi connectivity index (χ3n) is 2.78. The van der Waals surface area contributed by atoms with Gasteiger partial charge in [0.2, 0.25) is 0 Å². The molecule has 3 N–H and O–H groups in total. The van der Waals surface area contributed by atoms with E-state index in [1.54, 1.807) is 24.3 Å². The fourth-order valence-electron chi connectivity index (χ4n) is 1.66. The second kappa shape index (κ2) is 7.01. The SMILES string of the molecule is NCC(=CF)Cn1cc(C(=O)Nc2ccc(Cl)cc2)cn1. The van der Waals surface area contributed by atoms with Crippen molar-refractivity contribution in [3.63, 3.8) is 0 Å². The van der Waals surface area contributed by atoms with Crippen LogP contribution in [0.2, 0.25) is 5.02 Å². The predicted octanol–water partition coefficient (Wildman–Crippen LogP) is 2.60. The van der Waals surface area contributed by atoms with Crippen LogP contribution in [-0.4, -0.2) is 22.2 Å². The Morgan fingerprint density at radius 1 is 1.43 bits per heavy atom. The summed E-state index contributed by atoms with van der Waals surface area (Å²) in [5.41, 5.74) is 6.77. The maximum atomic E-state index is 12.5. The van der Waals surface area contributed by atoms with Gasteiger partial charge < -0.3 is 11.1 Å². The lowest BCUT2D eigenvalue weighted by molar-refractivity contribution is 0.102. The first kappa shape index (κ1) is 15.2. The average Bonchev–Trinajstić information content (AvgIpc) is 2.96. The third-order valence-corrected chi connectivity index (χ3v) is 3.03. The number of aromatic nitrogens is 2. The summed E-state index contributed by atoms with van der Waals surface area (Å²) in [7, 11) is 0. The first-order chi connectivity index (χ1) is 10.1. The number of benzene rings is 1. The zero-order valence-corrected chi connectivity index (χ0v) is 11.8. The normalized spacial score (nSPS) is 11.5. The minimum absolute atomic E-state index is 0.0999. The highest BCUT2D eigenvalue weighted by Crippen LogP contribution is 2.14. The standard InChI is InChI=1S/C14H14ClFN4O/c15-12-1-3-13(4-2-12)19-14(21)11-7-18-20(9-11)8-10(5-16)6-17/h1-5,7,9H,6,8,17H2,(H,19,21). The van der Waals surface area contributed by atoms with Gasteiger partial charge in [0.1, 0.15) is 0 Å². The summed E-state index contributed by atoms with van der Waals surface area (Å²) in [5.74, 6) is -0.304. The number of amides is 1. The van der Waals surface area contributed by atoms with Crippen LogP contribution in [0.1, 0.15) is 10.4 Å². The summed E-state index contributed by atoms with van der Waals surface area (Å²) in [4.78, 5) is 12.0. The molecule has 0 aliphatic rings. The molecule has 7 heteroatoms. The van der Waals surface area contributed by atoms with E-state index in [2.05, 4.69) is 10.4 Å². The largest absolute Gasteiger partial charge is 0.327 e. The van der Waals surface area contributed by atoms with Crippen molar-refractivity contribution in [2.24, 2.45) is 5.73 Å². The van der Waals surface area contributed by atoms with E-state index >= 15 is 0 Å². The van der Waals surface area contributed by atoms with Crippen molar-refractivity contribution in [3.8, 4) is 0 Å². The fraction of sp³-hybridized carbons (Fsp3) is 0.143. The number of carbonyl (C=O) groups is 1. The van der Waals surface area contributed by atoms with Crippen LogP contribution >= 0.6 is 11.6 Å². The van der Waals surface area contributed by atoms with Crippen LogP contribution in [0, 0.1) is 0 Å². The fourth-order valence-corrected chi connectivity index (χ4v) is 1.78. The van der Waals surface area contributed by atoms with E-state index in [0.29, 0.717) is 28.2 Å². The molecule has 0 radical (unpaired) electrons. The van der Waals surface area contributed by atoms with Gasteiger partial charge in [0.05, 0.1) is 24.6 Å². The molecule has 110 valence electrons. The quantitative estimate of drug-likeness (QED) is 0.891. The number of rotatable bonds is 5. The van der Waals surface area contributed by atoms with Gasteiger partial charge in [0.25, 0.3) is 5.91 Å². The summed E-state index contributed by atoms with van der Waals surface area (Å²) in [5, 5.41) is 7.31. The Hall–Kier alpha value is -2.18. The molecule has 0 atom stereocenters. The lowest BCUT2D eigenvalue weighted by Gasteiger charge is -2.04. The number of hydrogen-bond acceptors (Lipinski definition) is 3. The van der Waals surface area contributed by atoms with Gasteiger partial charge in [-0.3, -0.25) is 9.48 Å². The highest BCUT2D eigenvalue weighted by Gasteiger charge is 2.09. The second-order valence-corrected chi connectivity index (χ2v) is 4.80. The molecule has 0 fully saturated rings. The lowest BCUT2D eigenvalue weighted by Crippen LogP contribution is -2.12. The number of nitrogens with zero attached hydrogens (tertiary/aromatic N) is 2. The highest BCUT2D eigenvalue weighted by atomic mass is 35.5. The molecule has 1 aromatic heterocycles. The zero-order chi connectivity index (χ0) is 15.2. The van der Waals surface area contributed by atoms with E-state index in [1.165, 1.54) is 17.1 Å². The molecular weight excluding hydrogens is 295 g/mol. The Labute approximate surface area is 126 Å². The minimum atomic E-state index is -0.304. The maximum Gasteiger partial charge on any atom is 0.258 e. The van der Waals surface area contributed by atoms with Crippen molar-refractivity contribution in [2.75, 3.05) is 11.9 Å². The van der Waals surface area contributed by atoms with Crippen LogP contribution in [0.3, 0.4) is 0 Å². The van der Waals surface area contributed by atoms with Gasteiger partial charge in [0.15, 0.2) is 0 Å². The van der Waals surface area contributed by atoms with Crippen LogP contribution < -0.4 is 11.1 Å². The molecule has 0 aliphatic carbocycles. The van der Waals surface area contributed by atoms with Crippen molar-refractivity contribution in [2.45, 2.75) is 6.54 Å².